The Bertz CT molecular complexity index is 958. The highest BCUT2D eigenvalue weighted by molar-refractivity contribution is 7.92. The van der Waals surface area contributed by atoms with Gasteiger partial charge in [0.2, 0.25) is 15.9 Å². The van der Waals surface area contributed by atoms with E-state index in [1.165, 1.54) is 0 Å². The van der Waals surface area contributed by atoms with Crippen LogP contribution in [0.5, 0.6) is 11.5 Å². The Morgan fingerprint density at radius 1 is 1.00 bits per heavy atom. The van der Waals surface area contributed by atoms with Crippen molar-refractivity contribution < 1.29 is 22.7 Å². The summed E-state index contributed by atoms with van der Waals surface area (Å²) in [5.41, 5.74) is 2.25. The third kappa shape index (κ3) is 5.41. The van der Waals surface area contributed by atoms with Crippen molar-refractivity contribution in [2.24, 2.45) is 0 Å². The first-order valence-corrected chi connectivity index (χ1v) is 11.0. The molecular weight excluding hydrogens is 392 g/mol. The van der Waals surface area contributed by atoms with Crippen molar-refractivity contribution in [2.75, 3.05) is 24.8 Å². The number of benzene rings is 2. The molecule has 0 aromatic heterocycles. The zero-order valence-corrected chi connectivity index (χ0v) is 18.4. The molecular formula is C21H28N2O5S. The lowest BCUT2D eigenvalue weighted by Crippen LogP contribution is -2.48. The van der Waals surface area contributed by atoms with Crippen molar-refractivity contribution in [3.05, 3.63) is 53.6 Å². The highest BCUT2D eigenvalue weighted by Gasteiger charge is 2.30. The highest BCUT2D eigenvalue weighted by atomic mass is 32.2. The molecule has 158 valence electrons. The van der Waals surface area contributed by atoms with E-state index >= 15 is 0 Å². The van der Waals surface area contributed by atoms with Gasteiger partial charge in [0.25, 0.3) is 0 Å². The molecule has 0 radical (unpaired) electrons. The van der Waals surface area contributed by atoms with Gasteiger partial charge in [-0.05, 0) is 50.6 Å². The second-order valence-corrected chi connectivity index (χ2v) is 8.77. The first kappa shape index (κ1) is 22.5. The van der Waals surface area contributed by atoms with E-state index < -0.39 is 22.0 Å². The molecule has 2 aromatic rings. The molecule has 7 nitrogen and oxygen atoms in total. The summed E-state index contributed by atoms with van der Waals surface area (Å²) in [5, 5.41) is 2.88. The number of nitrogens with one attached hydrogen (secondary N) is 1. The number of sulfonamides is 1. The van der Waals surface area contributed by atoms with Crippen LogP contribution in [0.3, 0.4) is 0 Å². The molecule has 2 rings (SSSR count). The fraction of sp³-hybridized carbons (Fsp3) is 0.381. The van der Waals surface area contributed by atoms with Crippen molar-refractivity contribution in [1.29, 1.82) is 0 Å². The average Bonchev–Trinajstić information content (AvgIpc) is 2.67. The lowest BCUT2D eigenvalue weighted by atomic mass is 10.1. The minimum absolute atomic E-state index is 0.357. The summed E-state index contributed by atoms with van der Waals surface area (Å²) in [6.45, 7) is 5.30. The molecule has 0 unspecified atom stereocenters. The van der Waals surface area contributed by atoms with Crippen LogP contribution in [0, 0.1) is 6.92 Å². The summed E-state index contributed by atoms with van der Waals surface area (Å²) < 4.78 is 36.4. The van der Waals surface area contributed by atoms with Gasteiger partial charge in [-0.1, -0.05) is 23.8 Å². The maximum atomic E-state index is 12.9. The Hall–Kier alpha value is -2.74. The van der Waals surface area contributed by atoms with Crippen LogP contribution in [0.2, 0.25) is 0 Å². The number of carbonyl (C=O) groups excluding carboxylic acids is 1. The summed E-state index contributed by atoms with van der Waals surface area (Å²) in [7, 11) is -0.568. The normalized spacial score (nSPS) is 13.3. The van der Waals surface area contributed by atoms with E-state index in [9.17, 15) is 13.2 Å². The molecule has 1 N–H and O–H groups in total. The van der Waals surface area contributed by atoms with Crippen LogP contribution >= 0.6 is 0 Å². The molecule has 1 amide bonds. The zero-order valence-electron chi connectivity index (χ0n) is 17.6. The first-order chi connectivity index (χ1) is 13.6. The maximum Gasteiger partial charge on any atom is 0.244 e. The van der Waals surface area contributed by atoms with Gasteiger partial charge in [0, 0.05) is 0 Å². The van der Waals surface area contributed by atoms with E-state index in [1.54, 1.807) is 45.4 Å². The molecule has 0 heterocycles. The van der Waals surface area contributed by atoms with E-state index in [1.807, 2.05) is 32.0 Å². The van der Waals surface area contributed by atoms with Gasteiger partial charge < -0.3 is 14.8 Å². The third-order valence-corrected chi connectivity index (χ3v) is 5.88. The minimum atomic E-state index is -3.66. The van der Waals surface area contributed by atoms with Crippen LogP contribution in [0.4, 0.5) is 5.69 Å². The van der Waals surface area contributed by atoms with Crippen LogP contribution in [-0.4, -0.2) is 40.8 Å². The molecule has 2 aromatic carbocycles. The standard InChI is InChI=1S/C21H28N2O5S/c1-14-7-10-18(11-8-14)23(29(6,25)26)16(3)21(24)22-15(2)17-9-12-19(27-4)20(13-17)28-5/h7-13,15-16H,1-6H3,(H,22,24)/t15-,16-/m0/s1. The number of carbonyl (C=O) groups is 1. The van der Waals surface area contributed by atoms with Crippen molar-refractivity contribution in [3.63, 3.8) is 0 Å². The number of amides is 1. The van der Waals surface area contributed by atoms with Crippen LogP contribution < -0.4 is 19.1 Å². The Labute approximate surface area is 172 Å². The number of ether oxygens (including phenoxy) is 2. The quantitative estimate of drug-likeness (QED) is 0.710. The number of nitrogens with zero attached hydrogens (tertiary/aromatic N) is 1. The summed E-state index contributed by atoms with van der Waals surface area (Å²) in [6.07, 6.45) is 1.09. The Morgan fingerprint density at radius 2 is 1.59 bits per heavy atom. The van der Waals surface area contributed by atoms with Crippen molar-refractivity contribution >= 4 is 21.6 Å². The van der Waals surface area contributed by atoms with Gasteiger partial charge in [0.1, 0.15) is 6.04 Å². The molecule has 0 spiro atoms. The maximum absolute atomic E-state index is 12.9. The number of rotatable bonds is 8. The molecule has 2 atom stereocenters. The fourth-order valence-corrected chi connectivity index (χ4v) is 4.21. The summed E-state index contributed by atoms with van der Waals surface area (Å²) in [6, 6.07) is 11.1. The number of methoxy groups -OCH3 is 2. The van der Waals surface area contributed by atoms with Gasteiger partial charge in [-0.2, -0.15) is 0 Å². The predicted octanol–water partition coefficient (Wildman–Crippen LogP) is 3.04. The predicted molar refractivity (Wildman–Crippen MR) is 114 cm³/mol. The molecule has 0 aliphatic heterocycles. The molecule has 8 heteroatoms. The monoisotopic (exact) mass is 420 g/mol. The van der Waals surface area contributed by atoms with Gasteiger partial charge >= 0.3 is 0 Å². The third-order valence-electron chi connectivity index (χ3n) is 4.64. The van der Waals surface area contributed by atoms with Gasteiger partial charge in [0.05, 0.1) is 32.2 Å². The van der Waals surface area contributed by atoms with Crippen molar-refractivity contribution in [3.8, 4) is 11.5 Å². The van der Waals surface area contributed by atoms with E-state index in [2.05, 4.69) is 5.32 Å². The molecule has 0 saturated carbocycles. The Balaban J connectivity index is 2.24. The lowest BCUT2D eigenvalue weighted by Gasteiger charge is -2.29. The van der Waals surface area contributed by atoms with Crippen molar-refractivity contribution in [2.45, 2.75) is 32.9 Å². The molecule has 29 heavy (non-hydrogen) atoms. The SMILES string of the molecule is COc1ccc([C@H](C)NC(=O)[C@H](C)N(c2ccc(C)cc2)S(C)(=O)=O)cc1OC. The zero-order chi connectivity index (χ0) is 21.8. The van der Waals surface area contributed by atoms with Crippen LogP contribution in [0.25, 0.3) is 0 Å². The lowest BCUT2D eigenvalue weighted by molar-refractivity contribution is -0.122. The minimum Gasteiger partial charge on any atom is -0.493 e. The largest absolute Gasteiger partial charge is 0.493 e. The summed E-state index contributed by atoms with van der Waals surface area (Å²) in [4.78, 5) is 12.9. The molecule has 0 aliphatic carbocycles. The molecule has 0 saturated heterocycles. The van der Waals surface area contributed by atoms with E-state index in [0.717, 1.165) is 21.7 Å². The van der Waals surface area contributed by atoms with Gasteiger partial charge in [-0.15, -0.1) is 0 Å². The molecule has 0 fully saturated rings. The molecule has 0 aliphatic rings. The summed E-state index contributed by atoms with van der Waals surface area (Å²) >= 11 is 0. The Morgan fingerprint density at radius 3 is 2.10 bits per heavy atom. The molecule has 0 bridgehead atoms. The number of aryl methyl sites for hydroxylation is 1. The highest BCUT2D eigenvalue weighted by Crippen LogP contribution is 2.30. The van der Waals surface area contributed by atoms with Gasteiger partial charge in [0.15, 0.2) is 11.5 Å². The van der Waals surface area contributed by atoms with Crippen LogP contribution in [0.15, 0.2) is 42.5 Å². The van der Waals surface area contributed by atoms with E-state index in [-0.39, 0.29) is 6.04 Å². The fourth-order valence-electron chi connectivity index (χ4n) is 3.04. The van der Waals surface area contributed by atoms with Crippen molar-refractivity contribution in [1.82, 2.24) is 5.32 Å². The number of hydrogen-bond acceptors (Lipinski definition) is 5. The second kappa shape index (κ2) is 9.17. The number of anilines is 1. The summed E-state index contributed by atoms with van der Waals surface area (Å²) in [5.74, 6) is 0.737. The van der Waals surface area contributed by atoms with Crippen LogP contribution in [-0.2, 0) is 14.8 Å². The first-order valence-electron chi connectivity index (χ1n) is 9.16. The smallest absolute Gasteiger partial charge is 0.244 e. The average molecular weight is 421 g/mol. The second-order valence-electron chi connectivity index (χ2n) is 6.92. The van der Waals surface area contributed by atoms with Crippen LogP contribution in [0.1, 0.15) is 31.0 Å². The topological polar surface area (TPSA) is 84.9 Å². The van der Waals surface area contributed by atoms with Gasteiger partial charge in [-0.25, -0.2) is 8.42 Å². The van der Waals surface area contributed by atoms with E-state index in [4.69, 9.17) is 9.47 Å². The van der Waals surface area contributed by atoms with E-state index in [0.29, 0.717) is 17.2 Å². The Kier molecular flexibility index (Phi) is 7.13. The van der Waals surface area contributed by atoms with Gasteiger partial charge in [-0.3, -0.25) is 9.10 Å². The number of hydrogen-bond donors (Lipinski definition) is 1.